The van der Waals surface area contributed by atoms with Crippen molar-refractivity contribution in [2.75, 3.05) is 10.6 Å². The maximum Gasteiger partial charge on any atom is 0.228 e. The number of nitrogens with one attached hydrogen (secondary N) is 2. The van der Waals surface area contributed by atoms with E-state index in [1.807, 2.05) is 13.8 Å². The summed E-state index contributed by atoms with van der Waals surface area (Å²) in [6.45, 7) is 3.94. The van der Waals surface area contributed by atoms with Crippen LogP contribution in [0, 0.1) is 17.6 Å². The number of carbonyl (C=O) groups is 1. The molecule has 0 spiro atoms. The molecule has 0 unspecified atom stereocenters. The number of aromatic nitrogens is 1. The van der Waals surface area contributed by atoms with E-state index in [0.717, 1.165) is 25.0 Å². The topological polar surface area (TPSA) is 54.0 Å². The zero-order chi connectivity index (χ0) is 16.8. The van der Waals surface area contributed by atoms with Gasteiger partial charge in [0.05, 0.1) is 11.9 Å². The molecule has 0 radical (unpaired) electrons. The quantitative estimate of drug-likeness (QED) is 0.825. The molecule has 4 nitrogen and oxygen atoms in total. The van der Waals surface area contributed by atoms with E-state index in [4.69, 9.17) is 0 Å². The standard InChI is InChI=1S/C17H19F2N3O/c1-3-11(4-2)17(23)22-16-8-6-13(10-20-16)21-12-5-7-14(18)15(19)9-12/h5-11,21H,3-4H2,1-2H3,(H,20,22,23). The normalized spacial score (nSPS) is 10.7. The summed E-state index contributed by atoms with van der Waals surface area (Å²) in [5.41, 5.74) is 1.02. The molecule has 2 rings (SSSR count). The maximum atomic E-state index is 13.2. The van der Waals surface area contributed by atoms with Crippen LogP contribution in [0.4, 0.5) is 26.0 Å². The van der Waals surface area contributed by atoms with Crippen LogP contribution in [0.1, 0.15) is 26.7 Å². The van der Waals surface area contributed by atoms with E-state index >= 15 is 0 Å². The highest BCUT2D eigenvalue weighted by Crippen LogP contribution is 2.19. The Hall–Kier alpha value is -2.50. The Morgan fingerprint density at radius 3 is 2.35 bits per heavy atom. The molecule has 0 aliphatic heterocycles. The number of halogens is 2. The Morgan fingerprint density at radius 2 is 1.78 bits per heavy atom. The van der Waals surface area contributed by atoms with Gasteiger partial charge < -0.3 is 10.6 Å². The van der Waals surface area contributed by atoms with Gasteiger partial charge in [-0.25, -0.2) is 13.8 Å². The minimum Gasteiger partial charge on any atom is -0.354 e. The molecule has 1 heterocycles. The number of hydrogen-bond donors (Lipinski definition) is 2. The summed E-state index contributed by atoms with van der Waals surface area (Å²) >= 11 is 0. The van der Waals surface area contributed by atoms with Gasteiger partial charge in [-0.2, -0.15) is 0 Å². The van der Waals surface area contributed by atoms with E-state index in [0.29, 0.717) is 17.2 Å². The molecule has 23 heavy (non-hydrogen) atoms. The number of carbonyl (C=O) groups excluding carboxylic acids is 1. The van der Waals surface area contributed by atoms with Crippen LogP contribution in [-0.2, 0) is 4.79 Å². The lowest BCUT2D eigenvalue weighted by atomic mass is 10.0. The second-order valence-corrected chi connectivity index (χ2v) is 5.19. The Bertz CT molecular complexity index is 670. The van der Waals surface area contributed by atoms with Crippen molar-refractivity contribution in [3.63, 3.8) is 0 Å². The summed E-state index contributed by atoms with van der Waals surface area (Å²) in [7, 11) is 0. The van der Waals surface area contributed by atoms with Crippen molar-refractivity contribution in [3.05, 3.63) is 48.2 Å². The van der Waals surface area contributed by atoms with Crippen molar-refractivity contribution < 1.29 is 13.6 Å². The number of benzene rings is 1. The number of hydrogen-bond acceptors (Lipinski definition) is 3. The number of rotatable bonds is 6. The summed E-state index contributed by atoms with van der Waals surface area (Å²) in [5.74, 6) is -1.44. The first-order valence-electron chi connectivity index (χ1n) is 7.52. The van der Waals surface area contributed by atoms with Crippen molar-refractivity contribution in [1.29, 1.82) is 0 Å². The SMILES string of the molecule is CCC(CC)C(=O)Nc1ccc(Nc2ccc(F)c(F)c2)cn1. The molecule has 0 saturated heterocycles. The van der Waals surface area contributed by atoms with Crippen molar-refractivity contribution >= 4 is 23.1 Å². The highest BCUT2D eigenvalue weighted by Gasteiger charge is 2.14. The lowest BCUT2D eigenvalue weighted by molar-refractivity contribution is -0.120. The highest BCUT2D eigenvalue weighted by molar-refractivity contribution is 5.91. The van der Waals surface area contributed by atoms with Gasteiger partial charge in [0.1, 0.15) is 5.82 Å². The van der Waals surface area contributed by atoms with Crippen molar-refractivity contribution in [3.8, 4) is 0 Å². The molecule has 2 aromatic rings. The van der Waals surface area contributed by atoms with Crippen LogP contribution in [0.15, 0.2) is 36.5 Å². The minimum atomic E-state index is -0.919. The van der Waals surface area contributed by atoms with Crippen LogP contribution in [-0.4, -0.2) is 10.9 Å². The Labute approximate surface area is 133 Å². The molecule has 0 bridgehead atoms. The monoisotopic (exact) mass is 319 g/mol. The van der Waals surface area contributed by atoms with Gasteiger partial charge in [0.25, 0.3) is 0 Å². The van der Waals surface area contributed by atoms with Crippen LogP contribution >= 0.6 is 0 Å². The van der Waals surface area contributed by atoms with Gasteiger partial charge in [-0.15, -0.1) is 0 Å². The zero-order valence-electron chi connectivity index (χ0n) is 13.1. The van der Waals surface area contributed by atoms with E-state index in [1.54, 1.807) is 12.1 Å². The average molecular weight is 319 g/mol. The molecule has 0 aliphatic rings. The second-order valence-electron chi connectivity index (χ2n) is 5.19. The van der Waals surface area contributed by atoms with Crippen molar-refractivity contribution in [2.45, 2.75) is 26.7 Å². The number of nitrogens with zero attached hydrogens (tertiary/aromatic N) is 1. The van der Waals surface area contributed by atoms with Crippen LogP contribution in [0.2, 0.25) is 0 Å². The van der Waals surface area contributed by atoms with Gasteiger partial charge in [-0.3, -0.25) is 4.79 Å². The van der Waals surface area contributed by atoms with Gasteiger partial charge in [0, 0.05) is 17.7 Å². The second kappa shape index (κ2) is 7.67. The third-order valence-corrected chi connectivity index (χ3v) is 3.58. The third-order valence-electron chi connectivity index (χ3n) is 3.58. The first-order valence-corrected chi connectivity index (χ1v) is 7.52. The summed E-state index contributed by atoms with van der Waals surface area (Å²) in [4.78, 5) is 16.1. The molecular formula is C17H19F2N3O. The number of anilines is 3. The van der Waals surface area contributed by atoms with Crippen molar-refractivity contribution in [2.24, 2.45) is 5.92 Å². The predicted octanol–water partition coefficient (Wildman–Crippen LogP) is 4.48. The van der Waals surface area contributed by atoms with Gasteiger partial charge >= 0.3 is 0 Å². The highest BCUT2D eigenvalue weighted by atomic mass is 19.2. The third kappa shape index (κ3) is 4.48. The Balaban J connectivity index is 2.01. The zero-order valence-corrected chi connectivity index (χ0v) is 13.1. The molecule has 1 aromatic heterocycles. The number of amides is 1. The summed E-state index contributed by atoms with van der Waals surface area (Å²) < 4.78 is 26.0. The fraction of sp³-hybridized carbons (Fsp3) is 0.294. The van der Waals surface area contributed by atoms with E-state index in [2.05, 4.69) is 15.6 Å². The Kier molecular flexibility index (Phi) is 5.62. The van der Waals surface area contributed by atoms with E-state index in [-0.39, 0.29) is 11.8 Å². The van der Waals surface area contributed by atoms with Gasteiger partial charge in [-0.05, 0) is 37.1 Å². The maximum absolute atomic E-state index is 13.2. The molecule has 0 atom stereocenters. The first-order chi connectivity index (χ1) is 11.0. The van der Waals surface area contributed by atoms with Gasteiger partial charge in [-0.1, -0.05) is 13.8 Å². The van der Waals surface area contributed by atoms with E-state index < -0.39 is 11.6 Å². The minimum absolute atomic E-state index is 0.0307. The fourth-order valence-electron chi connectivity index (χ4n) is 2.17. The van der Waals surface area contributed by atoms with Crippen LogP contribution in [0.25, 0.3) is 0 Å². The molecule has 0 saturated carbocycles. The predicted molar refractivity (Wildman–Crippen MR) is 86.6 cm³/mol. The summed E-state index contributed by atoms with van der Waals surface area (Å²) in [6.07, 6.45) is 3.07. The lowest BCUT2D eigenvalue weighted by Gasteiger charge is -2.12. The largest absolute Gasteiger partial charge is 0.354 e. The molecule has 2 N–H and O–H groups in total. The average Bonchev–Trinajstić information content (AvgIpc) is 2.54. The van der Waals surface area contributed by atoms with Gasteiger partial charge in [0.15, 0.2) is 11.6 Å². The molecule has 6 heteroatoms. The molecule has 0 fully saturated rings. The fourth-order valence-corrected chi connectivity index (χ4v) is 2.17. The lowest BCUT2D eigenvalue weighted by Crippen LogP contribution is -2.22. The molecule has 1 amide bonds. The molecule has 1 aromatic carbocycles. The smallest absolute Gasteiger partial charge is 0.228 e. The molecule has 122 valence electrons. The Morgan fingerprint density at radius 1 is 1.09 bits per heavy atom. The summed E-state index contributed by atoms with van der Waals surface area (Å²) in [5, 5.41) is 5.68. The number of pyridine rings is 1. The van der Waals surface area contributed by atoms with E-state index in [9.17, 15) is 13.6 Å². The van der Waals surface area contributed by atoms with E-state index in [1.165, 1.54) is 12.3 Å². The van der Waals surface area contributed by atoms with Crippen LogP contribution in [0.5, 0.6) is 0 Å². The van der Waals surface area contributed by atoms with Crippen molar-refractivity contribution in [1.82, 2.24) is 4.98 Å². The molecular weight excluding hydrogens is 300 g/mol. The van der Waals surface area contributed by atoms with Crippen LogP contribution < -0.4 is 10.6 Å². The van der Waals surface area contributed by atoms with Gasteiger partial charge in [0.2, 0.25) is 5.91 Å². The first kappa shape index (κ1) is 16.9. The molecule has 0 aliphatic carbocycles. The summed E-state index contributed by atoms with van der Waals surface area (Å²) in [6, 6.07) is 6.91. The van der Waals surface area contributed by atoms with Crippen LogP contribution in [0.3, 0.4) is 0 Å².